The number of aromatic nitrogens is 3. The maximum Gasteiger partial charge on any atom is 0.416 e. The van der Waals surface area contributed by atoms with Gasteiger partial charge in [-0.3, -0.25) is 0 Å². The largest absolute Gasteiger partial charge is 0.416 e. The number of rotatable bonds is 1. The van der Waals surface area contributed by atoms with Crippen LogP contribution in [0, 0.1) is 5.82 Å². The molecule has 0 saturated carbocycles. The molecular weight excluding hydrogens is 240 g/mol. The highest BCUT2D eigenvalue weighted by Gasteiger charge is 2.31. The number of hydrogen-bond donors (Lipinski definition) is 1. The van der Waals surface area contributed by atoms with Crippen molar-refractivity contribution < 1.29 is 17.6 Å². The quantitative estimate of drug-likeness (QED) is 0.783. The van der Waals surface area contributed by atoms with Crippen LogP contribution in [-0.2, 0) is 6.18 Å². The fourth-order valence-corrected chi connectivity index (χ4v) is 1.23. The average molecular weight is 246 g/mol. The number of alkyl halides is 3. The van der Waals surface area contributed by atoms with Crippen LogP contribution in [0.4, 0.5) is 23.4 Å². The van der Waals surface area contributed by atoms with Gasteiger partial charge in [-0.1, -0.05) is 0 Å². The van der Waals surface area contributed by atoms with E-state index >= 15 is 0 Å². The van der Waals surface area contributed by atoms with Gasteiger partial charge in [-0.25, -0.2) is 4.39 Å². The summed E-state index contributed by atoms with van der Waals surface area (Å²) in [6, 6.07) is 1.97. The number of hydrogen-bond acceptors (Lipinski definition) is 3. The molecule has 0 aliphatic rings. The van der Waals surface area contributed by atoms with E-state index in [9.17, 15) is 17.6 Å². The normalized spacial score (nSPS) is 11.8. The van der Waals surface area contributed by atoms with E-state index in [-0.39, 0.29) is 5.82 Å². The van der Waals surface area contributed by atoms with Crippen LogP contribution in [0.15, 0.2) is 24.4 Å². The Labute approximate surface area is 92.7 Å². The molecule has 4 nitrogen and oxygen atoms in total. The first-order valence-corrected chi connectivity index (χ1v) is 4.43. The van der Waals surface area contributed by atoms with Crippen LogP contribution >= 0.6 is 0 Å². The van der Waals surface area contributed by atoms with Crippen LogP contribution in [0.3, 0.4) is 0 Å². The van der Waals surface area contributed by atoms with E-state index < -0.39 is 23.2 Å². The first-order chi connectivity index (χ1) is 7.88. The Morgan fingerprint density at radius 3 is 2.47 bits per heavy atom. The van der Waals surface area contributed by atoms with Gasteiger partial charge in [0.2, 0.25) is 0 Å². The summed E-state index contributed by atoms with van der Waals surface area (Å²) < 4.78 is 50.6. The van der Waals surface area contributed by atoms with Gasteiger partial charge in [-0.15, -0.1) is 9.90 Å². The molecule has 0 atom stereocenters. The molecule has 17 heavy (non-hydrogen) atoms. The van der Waals surface area contributed by atoms with Gasteiger partial charge in [0.15, 0.2) is 11.6 Å². The van der Waals surface area contributed by atoms with E-state index in [0.717, 1.165) is 6.20 Å². The summed E-state index contributed by atoms with van der Waals surface area (Å²) in [5.74, 6) is -0.879. The molecule has 0 aliphatic heterocycles. The molecule has 1 aromatic heterocycles. The first kappa shape index (κ1) is 11.4. The van der Waals surface area contributed by atoms with Crippen molar-refractivity contribution in [1.82, 2.24) is 15.0 Å². The third kappa shape index (κ3) is 2.19. The second kappa shape index (κ2) is 3.72. The van der Waals surface area contributed by atoms with E-state index in [4.69, 9.17) is 5.73 Å². The summed E-state index contributed by atoms with van der Waals surface area (Å²) in [6.07, 6.45) is -3.44. The lowest BCUT2D eigenvalue weighted by Crippen LogP contribution is -2.09. The maximum absolute atomic E-state index is 13.3. The summed E-state index contributed by atoms with van der Waals surface area (Å²) in [7, 11) is 0. The van der Waals surface area contributed by atoms with Gasteiger partial charge in [0.1, 0.15) is 5.69 Å². The van der Waals surface area contributed by atoms with Crippen molar-refractivity contribution in [2.24, 2.45) is 0 Å². The topological polar surface area (TPSA) is 56.7 Å². The van der Waals surface area contributed by atoms with Gasteiger partial charge < -0.3 is 5.73 Å². The van der Waals surface area contributed by atoms with Gasteiger partial charge in [-0.2, -0.15) is 18.3 Å². The summed E-state index contributed by atoms with van der Waals surface area (Å²) in [6.45, 7) is 0. The molecule has 2 aromatic rings. The van der Waals surface area contributed by atoms with E-state index in [0.29, 0.717) is 23.0 Å². The minimum absolute atomic E-state index is 0.0122. The van der Waals surface area contributed by atoms with Gasteiger partial charge in [0, 0.05) is 0 Å². The third-order valence-electron chi connectivity index (χ3n) is 2.00. The van der Waals surface area contributed by atoms with E-state index in [1.165, 1.54) is 0 Å². The smallest absolute Gasteiger partial charge is 0.381 e. The van der Waals surface area contributed by atoms with Crippen molar-refractivity contribution in [3.8, 4) is 5.69 Å². The standard InChI is InChI=1S/C9H6F4N4/c10-6-2-1-5(9(11,12)13)3-7(6)17-15-4-8(14)16-17/h1-4H,(H2,14,16). The molecule has 90 valence electrons. The van der Waals surface area contributed by atoms with Crippen molar-refractivity contribution >= 4 is 5.82 Å². The molecule has 0 aliphatic carbocycles. The zero-order valence-electron chi connectivity index (χ0n) is 8.24. The Morgan fingerprint density at radius 1 is 1.24 bits per heavy atom. The van der Waals surface area contributed by atoms with Gasteiger partial charge in [-0.05, 0) is 18.2 Å². The van der Waals surface area contributed by atoms with Crippen LogP contribution < -0.4 is 5.73 Å². The van der Waals surface area contributed by atoms with Crippen LogP contribution in [-0.4, -0.2) is 15.0 Å². The Balaban J connectivity index is 2.54. The maximum atomic E-state index is 13.3. The van der Waals surface area contributed by atoms with Crippen LogP contribution in [0.5, 0.6) is 0 Å². The average Bonchev–Trinajstić information content (AvgIpc) is 2.63. The van der Waals surface area contributed by atoms with Crippen LogP contribution in [0.1, 0.15) is 5.56 Å². The number of halogens is 4. The second-order valence-corrected chi connectivity index (χ2v) is 3.22. The molecule has 0 amide bonds. The SMILES string of the molecule is Nc1cnn(-c2cc(C(F)(F)F)ccc2F)n1. The highest BCUT2D eigenvalue weighted by atomic mass is 19.4. The number of anilines is 1. The Morgan fingerprint density at radius 2 is 1.94 bits per heavy atom. The lowest BCUT2D eigenvalue weighted by Gasteiger charge is -2.08. The molecule has 0 radical (unpaired) electrons. The molecule has 0 fully saturated rings. The number of benzene rings is 1. The lowest BCUT2D eigenvalue weighted by molar-refractivity contribution is -0.137. The van der Waals surface area contributed by atoms with E-state index in [1.807, 2.05) is 0 Å². The first-order valence-electron chi connectivity index (χ1n) is 4.43. The summed E-state index contributed by atoms with van der Waals surface area (Å²) in [5, 5.41) is 7.08. The van der Waals surface area contributed by atoms with Crippen molar-refractivity contribution in [3.63, 3.8) is 0 Å². The molecule has 8 heteroatoms. The number of nitrogens with two attached hydrogens (primary N) is 1. The van der Waals surface area contributed by atoms with Crippen LogP contribution in [0.2, 0.25) is 0 Å². The summed E-state index contributed by atoms with van der Waals surface area (Å²) in [4.78, 5) is 0.708. The zero-order valence-corrected chi connectivity index (χ0v) is 8.24. The fraction of sp³-hybridized carbons (Fsp3) is 0.111. The molecule has 0 saturated heterocycles. The lowest BCUT2D eigenvalue weighted by atomic mass is 10.2. The molecule has 1 heterocycles. The molecule has 0 unspecified atom stereocenters. The number of nitrogen functional groups attached to an aromatic ring is 1. The van der Waals surface area contributed by atoms with Crippen molar-refractivity contribution in [3.05, 3.63) is 35.8 Å². The summed E-state index contributed by atoms with van der Waals surface area (Å²) in [5.41, 5.74) is 3.86. The monoisotopic (exact) mass is 246 g/mol. The molecule has 2 N–H and O–H groups in total. The zero-order chi connectivity index (χ0) is 12.6. The van der Waals surface area contributed by atoms with Gasteiger partial charge >= 0.3 is 6.18 Å². The van der Waals surface area contributed by atoms with E-state index in [2.05, 4.69) is 10.2 Å². The molecular formula is C9H6F4N4. The predicted octanol–water partition coefficient (Wildman–Crippen LogP) is 2.01. The van der Waals surface area contributed by atoms with Crippen molar-refractivity contribution in [1.29, 1.82) is 0 Å². The second-order valence-electron chi connectivity index (χ2n) is 3.22. The highest BCUT2D eigenvalue weighted by Crippen LogP contribution is 2.31. The molecule has 0 spiro atoms. The fourth-order valence-electron chi connectivity index (χ4n) is 1.23. The van der Waals surface area contributed by atoms with Gasteiger partial charge in [0.05, 0.1) is 11.8 Å². The van der Waals surface area contributed by atoms with Gasteiger partial charge in [0.25, 0.3) is 0 Å². The van der Waals surface area contributed by atoms with Crippen molar-refractivity contribution in [2.75, 3.05) is 5.73 Å². The molecule has 2 rings (SSSR count). The van der Waals surface area contributed by atoms with Crippen molar-refractivity contribution in [2.45, 2.75) is 6.18 Å². The van der Waals surface area contributed by atoms with Crippen LogP contribution in [0.25, 0.3) is 5.69 Å². The third-order valence-corrected chi connectivity index (χ3v) is 2.00. The van der Waals surface area contributed by atoms with E-state index in [1.54, 1.807) is 0 Å². The minimum Gasteiger partial charge on any atom is -0.381 e. The Hall–Kier alpha value is -2.12. The Kier molecular flexibility index (Phi) is 2.49. The predicted molar refractivity (Wildman–Crippen MR) is 50.7 cm³/mol. The number of nitrogens with zero attached hydrogens (tertiary/aromatic N) is 3. The minimum atomic E-state index is -4.55. The highest BCUT2D eigenvalue weighted by molar-refractivity contribution is 5.38. The molecule has 0 bridgehead atoms. The Bertz CT molecular complexity index is 546. The summed E-state index contributed by atoms with van der Waals surface area (Å²) >= 11 is 0. The molecule has 1 aromatic carbocycles.